The Morgan fingerprint density at radius 2 is 2.00 bits per heavy atom. The summed E-state index contributed by atoms with van der Waals surface area (Å²) >= 11 is 0. The highest BCUT2D eigenvalue weighted by molar-refractivity contribution is 5.76. The molecule has 1 fully saturated rings. The quantitative estimate of drug-likeness (QED) is 0.717. The first-order chi connectivity index (χ1) is 6.59. The molecule has 0 aromatic rings. The first-order valence-corrected chi connectivity index (χ1v) is 5.64. The van der Waals surface area contributed by atoms with Gasteiger partial charge in [-0.25, -0.2) is 0 Å². The van der Waals surface area contributed by atoms with Crippen molar-refractivity contribution in [2.45, 2.75) is 58.0 Å². The number of rotatable bonds is 4. The minimum absolute atomic E-state index is 0.0363. The van der Waals surface area contributed by atoms with Crippen molar-refractivity contribution in [3.8, 4) is 0 Å². The maximum atomic E-state index is 11.4. The third-order valence-electron chi connectivity index (χ3n) is 3.00. The van der Waals surface area contributed by atoms with E-state index in [0.29, 0.717) is 18.4 Å². The van der Waals surface area contributed by atoms with E-state index in [1.54, 1.807) is 0 Å². The van der Waals surface area contributed by atoms with E-state index in [1.165, 1.54) is 25.7 Å². The second-order valence-electron chi connectivity index (χ2n) is 4.58. The van der Waals surface area contributed by atoms with Gasteiger partial charge >= 0.3 is 0 Å². The lowest BCUT2D eigenvalue weighted by atomic mass is 9.99. The second-order valence-corrected chi connectivity index (χ2v) is 4.58. The fourth-order valence-electron chi connectivity index (χ4n) is 2.18. The molecule has 0 aliphatic heterocycles. The molecule has 1 amide bonds. The van der Waals surface area contributed by atoms with Crippen molar-refractivity contribution in [3.05, 3.63) is 0 Å². The van der Waals surface area contributed by atoms with Gasteiger partial charge in [0.15, 0.2) is 0 Å². The van der Waals surface area contributed by atoms with Gasteiger partial charge in [0.2, 0.25) is 5.91 Å². The number of hydrogen-bond donors (Lipinski definition) is 2. The van der Waals surface area contributed by atoms with Crippen LogP contribution in [-0.2, 0) is 4.79 Å². The van der Waals surface area contributed by atoms with E-state index in [-0.39, 0.29) is 11.9 Å². The topological polar surface area (TPSA) is 55.1 Å². The fourth-order valence-corrected chi connectivity index (χ4v) is 2.18. The number of carbonyl (C=O) groups excluding carboxylic acids is 1. The van der Waals surface area contributed by atoms with E-state index in [1.807, 2.05) is 6.92 Å². The fraction of sp³-hybridized carbons (Fsp3) is 0.909. The van der Waals surface area contributed by atoms with Crippen molar-refractivity contribution in [1.82, 2.24) is 5.32 Å². The molecule has 3 N–H and O–H groups in total. The lowest BCUT2D eigenvalue weighted by molar-refractivity contribution is -0.122. The predicted molar refractivity (Wildman–Crippen MR) is 57.8 cm³/mol. The van der Waals surface area contributed by atoms with Crippen molar-refractivity contribution < 1.29 is 4.79 Å². The Balaban J connectivity index is 2.24. The summed E-state index contributed by atoms with van der Waals surface area (Å²) in [5, 5.41) is 3.03. The second kappa shape index (κ2) is 5.35. The lowest BCUT2D eigenvalue weighted by Gasteiger charge is -2.20. The zero-order chi connectivity index (χ0) is 10.6. The van der Waals surface area contributed by atoms with Crippen LogP contribution in [0.15, 0.2) is 0 Å². The monoisotopic (exact) mass is 198 g/mol. The van der Waals surface area contributed by atoms with Gasteiger partial charge < -0.3 is 11.1 Å². The van der Waals surface area contributed by atoms with Gasteiger partial charge in [0.05, 0.1) is 0 Å². The van der Waals surface area contributed by atoms with Gasteiger partial charge in [0, 0.05) is 18.5 Å². The molecule has 3 nitrogen and oxygen atoms in total. The first kappa shape index (κ1) is 11.5. The van der Waals surface area contributed by atoms with Crippen LogP contribution in [0.3, 0.4) is 0 Å². The maximum absolute atomic E-state index is 11.4. The van der Waals surface area contributed by atoms with Crippen molar-refractivity contribution in [1.29, 1.82) is 0 Å². The maximum Gasteiger partial charge on any atom is 0.221 e. The van der Waals surface area contributed by atoms with Gasteiger partial charge in [-0.3, -0.25) is 4.79 Å². The van der Waals surface area contributed by atoms with E-state index in [2.05, 4.69) is 12.2 Å². The van der Waals surface area contributed by atoms with Crippen LogP contribution in [0.25, 0.3) is 0 Å². The predicted octanol–water partition coefficient (Wildman–Crippen LogP) is 1.42. The third kappa shape index (κ3) is 3.66. The average Bonchev–Trinajstić information content (AvgIpc) is 2.53. The molecule has 2 atom stereocenters. The van der Waals surface area contributed by atoms with Gasteiger partial charge in [-0.2, -0.15) is 0 Å². The Morgan fingerprint density at radius 3 is 2.50 bits per heavy atom. The summed E-state index contributed by atoms with van der Waals surface area (Å²) in [5.41, 5.74) is 5.56. The summed E-state index contributed by atoms with van der Waals surface area (Å²) in [5.74, 6) is 0.784. The largest absolute Gasteiger partial charge is 0.353 e. The van der Waals surface area contributed by atoms with Crippen LogP contribution < -0.4 is 11.1 Å². The van der Waals surface area contributed by atoms with E-state index < -0.39 is 0 Å². The van der Waals surface area contributed by atoms with Crippen LogP contribution in [0.1, 0.15) is 46.0 Å². The summed E-state index contributed by atoms with van der Waals surface area (Å²) in [6.07, 6.45) is 5.60. The zero-order valence-corrected chi connectivity index (χ0v) is 9.25. The minimum atomic E-state index is -0.0363. The molecule has 1 aliphatic rings. The summed E-state index contributed by atoms with van der Waals surface area (Å²) < 4.78 is 0. The molecule has 0 radical (unpaired) electrons. The summed E-state index contributed by atoms with van der Waals surface area (Å²) in [4.78, 5) is 11.4. The van der Waals surface area contributed by atoms with Crippen LogP contribution >= 0.6 is 0 Å². The molecule has 0 aromatic carbocycles. The van der Waals surface area contributed by atoms with E-state index >= 15 is 0 Å². The van der Waals surface area contributed by atoms with E-state index in [4.69, 9.17) is 5.73 Å². The number of nitrogens with two attached hydrogens (primary N) is 1. The zero-order valence-electron chi connectivity index (χ0n) is 9.25. The van der Waals surface area contributed by atoms with Crippen LogP contribution in [0.4, 0.5) is 0 Å². The Morgan fingerprint density at radius 1 is 1.43 bits per heavy atom. The lowest BCUT2D eigenvalue weighted by Crippen LogP contribution is -2.39. The standard InChI is InChI=1S/C11H22N2O/c1-8(12)7-11(14)13-9(2)10-5-3-4-6-10/h8-10H,3-7,12H2,1-2H3,(H,13,14). The molecule has 82 valence electrons. The Hall–Kier alpha value is -0.570. The molecular weight excluding hydrogens is 176 g/mol. The molecule has 1 aliphatic carbocycles. The van der Waals surface area contributed by atoms with Gasteiger partial charge in [-0.1, -0.05) is 12.8 Å². The van der Waals surface area contributed by atoms with Gasteiger partial charge in [-0.15, -0.1) is 0 Å². The summed E-state index contributed by atoms with van der Waals surface area (Å²) in [7, 11) is 0. The highest BCUT2D eigenvalue weighted by Gasteiger charge is 2.22. The molecule has 3 heteroatoms. The van der Waals surface area contributed by atoms with Crippen LogP contribution in [0.5, 0.6) is 0 Å². The van der Waals surface area contributed by atoms with E-state index in [0.717, 1.165) is 0 Å². The number of carbonyl (C=O) groups is 1. The Bertz CT molecular complexity index is 186. The molecule has 2 unspecified atom stereocenters. The van der Waals surface area contributed by atoms with Gasteiger partial charge in [0.25, 0.3) is 0 Å². The Kier molecular flexibility index (Phi) is 4.39. The molecular formula is C11H22N2O. The van der Waals surface area contributed by atoms with E-state index in [9.17, 15) is 4.79 Å². The third-order valence-corrected chi connectivity index (χ3v) is 3.00. The molecule has 0 aromatic heterocycles. The Labute approximate surface area is 86.4 Å². The summed E-state index contributed by atoms with van der Waals surface area (Å²) in [6, 6.07) is 0.287. The summed E-state index contributed by atoms with van der Waals surface area (Å²) in [6.45, 7) is 3.97. The SMILES string of the molecule is CC(N)CC(=O)NC(C)C1CCCC1. The van der Waals surface area contributed by atoms with Crippen molar-refractivity contribution in [2.24, 2.45) is 11.7 Å². The molecule has 1 rings (SSSR count). The molecule has 14 heavy (non-hydrogen) atoms. The molecule has 0 saturated heterocycles. The average molecular weight is 198 g/mol. The molecule has 0 bridgehead atoms. The molecule has 1 saturated carbocycles. The first-order valence-electron chi connectivity index (χ1n) is 5.64. The number of amides is 1. The van der Waals surface area contributed by atoms with Crippen LogP contribution in [0.2, 0.25) is 0 Å². The van der Waals surface area contributed by atoms with Crippen LogP contribution in [-0.4, -0.2) is 18.0 Å². The highest BCUT2D eigenvalue weighted by Crippen LogP contribution is 2.27. The minimum Gasteiger partial charge on any atom is -0.353 e. The molecule has 0 spiro atoms. The van der Waals surface area contributed by atoms with Crippen molar-refractivity contribution in [2.75, 3.05) is 0 Å². The normalized spacial score (nSPS) is 21.9. The van der Waals surface area contributed by atoms with Gasteiger partial charge in [-0.05, 0) is 32.6 Å². The van der Waals surface area contributed by atoms with Crippen molar-refractivity contribution in [3.63, 3.8) is 0 Å². The van der Waals surface area contributed by atoms with Crippen molar-refractivity contribution >= 4 is 5.91 Å². The van der Waals surface area contributed by atoms with Gasteiger partial charge in [0.1, 0.15) is 0 Å². The smallest absolute Gasteiger partial charge is 0.221 e. The number of nitrogens with one attached hydrogen (secondary N) is 1. The highest BCUT2D eigenvalue weighted by atomic mass is 16.1. The van der Waals surface area contributed by atoms with Crippen LogP contribution in [0, 0.1) is 5.92 Å². The number of hydrogen-bond acceptors (Lipinski definition) is 2. The molecule has 0 heterocycles.